The zero-order valence-corrected chi connectivity index (χ0v) is 14.5. The van der Waals surface area contributed by atoms with Crippen LogP contribution in [0.1, 0.15) is 32.0 Å². The summed E-state index contributed by atoms with van der Waals surface area (Å²) < 4.78 is 6.64. The van der Waals surface area contributed by atoms with Crippen molar-refractivity contribution >= 4 is 11.9 Å². The van der Waals surface area contributed by atoms with Gasteiger partial charge in [-0.1, -0.05) is 38.1 Å². The molecule has 0 aliphatic carbocycles. The van der Waals surface area contributed by atoms with Crippen LogP contribution in [-0.2, 0) is 28.1 Å². The zero-order chi connectivity index (χ0) is 18.4. The minimum absolute atomic E-state index is 0.0635. The Kier molecular flexibility index (Phi) is 5.74. The summed E-state index contributed by atoms with van der Waals surface area (Å²) in [5.74, 6) is -0.686. The molecule has 2 aromatic rings. The van der Waals surface area contributed by atoms with Gasteiger partial charge in [-0.2, -0.15) is 0 Å². The molecule has 2 rings (SSSR count). The van der Waals surface area contributed by atoms with Gasteiger partial charge in [-0.25, -0.2) is 4.68 Å². The van der Waals surface area contributed by atoms with Crippen molar-refractivity contribution < 1.29 is 19.4 Å². The average molecular weight is 346 g/mol. The first kappa shape index (κ1) is 18.4. The van der Waals surface area contributed by atoms with E-state index in [2.05, 4.69) is 36.4 Å². The molecular weight excluding hydrogens is 324 g/mol. The van der Waals surface area contributed by atoms with Gasteiger partial charge >= 0.3 is 5.97 Å². The summed E-state index contributed by atoms with van der Waals surface area (Å²) >= 11 is 0. The predicted octanol–water partition coefficient (Wildman–Crippen LogP) is 1.36. The number of nitrogens with one attached hydrogen (secondary N) is 1. The molecule has 8 heteroatoms. The van der Waals surface area contributed by atoms with Gasteiger partial charge in [0, 0.05) is 0 Å². The summed E-state index contributed by atoms with van der Waals surface area (Å²) in [7, 11) is 0. The van der Waals surface area contributed by atoms with Crippen LogP contribution in [0.5, 0.6) is 5.75 Å². The number of carbonyl (C=O) groups is 2. The van der Waals surface area contributed by atoms with E-state index in [0.717, 1.165) is 0 Å². The number of ether oxygens (including phenoxy) is 1. The second-order valence-corrected chi connectivity index (χ2v) is 6.64. The maximum absolute atomic E-state index is 11.8. The molecule has 2 N–H and O–H groups in total. The topological polar surface area (TPSA) is 106 Å². The number of carboxylic acids is 1. The van der Waals surface area contributed by atoms with E-state index in [1.165, 1.54) is 16.4 Å². The highest BCUT2D eigenvalue weighted by Crippen LogP contribution is 2.24. The Morgan fingerprint density at radius 1 is 1.24 bits per heavy atom. The van der Waals surface area contributed by atoms with Crippen molar-refractivity contribution in [1.29, 1.82) is 0 Å². The van der Waals surface area contributed by atoms with Gasteiger partial charge in [0.15, 0.2) is 6.61 Å². The highest BCUT2D eigenvalue weighted by Gasteiger charge is 2.13. The molecule has 0 saturated heterocycles. The molecule has 0 fully saturated rings. The third-order valence-corrected chi connectivity index (χ3v) is 3.44. The van der Waals surface area contributed by atoms with Crippen molar-refractivity contribution in [2.75, 3.05) is 6.61 Å². The zero-order valence-electron chi connectivity index (χ0n) is 14.5. The Bertz CT molecular complexity index is 732. The Morgan fingerprint density at radius 2 is 1.92 bits per heavy atom. The number of hydrogen-bond donors (Lipinski definition) is 2. The fourth-order valence-electron chi connectivity index (χ4n) is 2.08. The minimum Gasteiger partial charge on any atom is -0.484 e. The molecule has 0 saturated carbocycles. The van der Waals surface area contributed by atoms with Gasteiger partial charge in [0.05, 0.1) is 12.7 Å². The summed E-state index contributed by atoms with van der Waals surface area (Å²) in [6, 6.07) is 7.64. The van der Waals surface area contributed by atoms with Crippen molar-refractivity contribution in [3.63, 3.8) is 0 Å². The monoisotopic (exact) mass is 346 g/mol. The summed E-state index contributed by atoms with van der Waals surface area (Å²) in [4.78, 5) is 22.4. The number of nitrogens with zero attached hydrogens (tertiary/aromatic N) is 3. The molecule has 1 aromatic carbocycles. The van der Waals surface area contributed by atoms with Crippen LogP contribution in [0.3, 0.4) is 0 Å². The lowest BCUT2D eigenvalue weighted by atomic mass is 9.87. The van der Waals surface area contributed by atoms with Crippen LogP contribution >= 0.6 is 0 Å². The average Bonchev–Trinajstić information content (AvgIpc) is 2.97. The maximum Gasteiger partial charge on any atom is 0.325 e. The van der Waals surface area contributed by atoms with Crippen LogP contribution in [-0.4, -0.2) is 38.6 Å². The highest BCUT2D eigenvalue weighted by atomic mass is 16.5. The molecule has 1 amide bonds. The lowest BCUT2D eigenvalue weighted by molar-refractivity contribution is -0.138. The molecule has 0 bridgehead atoms. The molecule has 0 radical (unpaired) electrons. The van der Waals surface area contributed by atoms with Gasteiger partial charge in [-0.15, -0.1) is 5.10 Å². The second-order valence-electron chi connectivity index (χ2n) is 6.64. The minimum atomic E-state index is -1.01. The third kappa shape index (κ3) is 5.91. The van der Waals surface area contributed by atoms with Crippen molar-refractivity contribution in [3.8, 4) is 5.75 Å². The molecule has 0 aliphatic rings. The van der Waals surface area contributed by atoms with Gasteiger partial charge in [-0.3, -0.25) is 9.59 Å². The van der Waals surface area contributed by atoms with Gasteiger partial charge < -0.3 is 15.2 Å². The number of rotatable bonds is 7. The van der Waals surface area contributed by atoms with Crippen LogP contribution in [0, 0.1) is 0 Å². The quantitative estimate of drug-likeness (QED) is 0.784. The van der Waals surface area contributed by atoms with Crippen molar-refractivity contribution in [3.05, 3.63) is 41.7 Å². The molecular formula is C17H22N4O4. The smallest absolute Gasteiger partial charge is 0.325 e. The van der Waals surface area contributed by atoms with E-state index in [-0.39, 0.29) is 31.0 Å². The summed E-state index contributed by atoms with van der Waals surface area (Å²) in [6.45, 7) is 6.16. The van der Waals surface area contributed by atoms with Crippen LogP contribution in [0.25, 0.3) is 0 Å². The Balaban J connectivity index is 1.77. The Labute approximate surface area is 145 Å². The van der Waals surface area contributed by atoms with Crippen LogP contribution < -0.4 is 10.1 Å². The number of aromatic nitrogens is 3. The van der Waals surface area contributed by atoms with E-state index in [1.807, 2.05) is 24.3 Å². The number of amides is 1. The van der Waals surface area contributed by atoms with Crippen LogP contribution in [0.4, 0.5) is 0 Å². The van der Waals surface area contributed by atoms with E-state index in [4.69, 9.17) is 9.84 Å². The standard InChI is InChI=1S/C17H22N4O4/c1-17(2,3)12-4-6-14(7-5-12)25-11-15(22)18-8-13-9-21(20-19-13)10-16(23)24/h4-7,9H,8,10-11H2,1-3H3,(H,18,22)(H,23,24). The molecule has 0 aliphatic heterocycles. The van der Waals surface area contributed by atoms with Gasteiger partial charge in [0.2, 0.25) is 0 Å². The lowest BCUT2D eigenvalue weighted by Gasteiger charge is -2.19. The fraction of sp³-hybridized carbons (Fsp3) is 0.412. The summed E-state index contributed by atoms with van der Waals surface area (Å²) in [5.41, 5.74) is 1.73. The summed E-state index contributed by atoms with van der Waals surface area (Å²) in [5, 5.41) is 18.7. The molecule has 0 unspecified atom stereocenters. The van der Waals surface area contributed by atoms with E-state index >= 15 is 0 Å². The molecule has 1 heterocycles. The predicted molar refractivity (Wildman–Crippen MR) is 90.1 cm³/mol. The SMILES string of the molecule is CC(C)(C)c1ccc(OCC(=O)NCc2cn(CC(=O)O)nn2)cc1. The molecule has 0 spiro atoms. The molecule has 0 atom stereocenters. The van der Waals surface area contributed by atoms with Crippen LogP contribution in [0.2, 0.25) is 0 Å². The van der Waals surface area contributed by atoms with Crippen molar-refractivity contribution in [1.82, 2.24) is 20.3 Å². The van der Waals surface area contributed by atoms with E-state index in [0.29, 0.717) is 11.4 Å². The first-order valence-electron chi connectivity index (χ1n) is 7.85. The normalized spacial score (nSPS) is 11.2. The maximum atomic E-state index is 11.8. The largest absolute Gasteiger partial charge is 0.484 e. The lowest BCUT2D eigenvalue weighted by Crippen LogP contribution is -2.28. The number of benzene rings is 1. The van der Waals surface area contributed by atoms with Gasteiger partial charge in [0.25, 0.3) is 5.91 Å². The molecule has 134 valence electrons. The number of hydrogen-bond acceptors (Lipinski definition) is 5. The van der Waals surface area contributed by atoms with E-state index in [1.54, 1.807) is 0 Å². The number of carbonyl (C=O) groups excluding carboxylic acids is 1. The fourth-order valence-corrected chi connectivity index (χ4v) is 2.08. The third-order valence-electron chi connectivity index (χ3n) is 3.44. The van der Waals surface area contributed by atoms with E-state index < -0.39 is 5.97 Å². The molecule has 8 nitrogen and oxygen atoms in total. The van der Waals surface area contributed by atoms with Gasteiger partial charge in [-0.05, 0) is 23.1 Å². The van der Waals surface area contributed by atoms with Gasteiger partial charge in [0.1, 0.15) is 18.0 Å². The van der Waals surface area contributed by atoms with Crippen LogP contribution in [0.15, 0.2) is 30.5 Å². The summed E-state index contributed by atoms with van der Waals surface area (Å²) in [6.07, 6.45) is 1.47. The molecule has 25 heavy (non-hydrogen) atoms. The first-order valence-corrected chi connectivity index (χ1v) is 7.85. The van der Waals surface area contributed by atoms with Crippen molar-refractivity contribution in [2.45, 2.75) is 39.3 Å². The molecule has 1 aromatic heterocycles. The van der Waals surface area contributed by atoms with E-state index in [9.17, 15) is 9.59 Å². The number of aliphatic carboxylic acids is 1. The van der Waals surface area contributed by atoms with Crippen molar-refractivity contribution in [2.24, 2.45) is 0 Å². The Morgan fingerprint density at radius 3 is 2.52 bits per heavy atom. The Hall–Kier alpha value is -2.90. The first-order chi connectivity index (χ1) is 11.7. The number of carboxylic acid groups (broad SMARTS) is 1. The highest BCUT2D eigenvalue weighted by molar-refractivity contribution is 5.77. The second kappa shape index (κ2) is 7.78.